The van der Waals surface area contributed by atoms with Crippen LogP contribution in [0.5, 0.6) is 0 Å². The molecule has 1 saturated heterocycles. The quantitative estimate of drug-likeness (QED) is 0.402. The average molecular weight is 122 g/mol. The highest BCUT2D eigenvalue weighted by Crippen LogP contribution is 2.19. The van der Waals surface area contributed by atoms with Gasteiger partial charge in [-0.1, -0.05) is 0 Å². The predicted molar refractivity (Wildman–Crippen MR) is 34.0 cm³/mol. The molecule has 4 heteroatoms. The molecule has 9 heavy (non-hydrogen) atoms. The van der Waals surface area contributed by atoms with E-state index in [9.17, 15) is 4.79 Å². The van der Waals surface area contributed by atoms with Crippen molar-refractivity contribution in [1.29, 1.82) is 5.26 Å². The van der Waals surface area contributed by atoms with Crippen LogP contribution in [0, 0.1) is 11.2 Å². The molecule has 1 aliphatic heterocycles. The van der Waals surface area contributed by atoms with E-state index < -0.39 is 0 Å². The second-order valence-corrected chi connectivity index (χ2v) is 2.28. The first kappa shape index (κ1) is 6.15. The van der Waals surface area contributed by atoms with E-state index in [-0.39, 0.29) is 12.8 Å². The topological polar surface area (TPSA) is 52.9 Å². The Bertz CT molecular complexity index is 148. The summed E-state index contributed by atoms with van der Waals surface area (Å²) in [6, 6.07) is 0.271. The van der Waals surface area contributed by atoms with Gasteiger partial charge in [-0.25, -0.2) is 5.26 Å². The lowest BCUT2D eigenvalue weighted by atomic mass is 9.34. The molecule has 0 aromatic rings. The molecule has 3 nitrogen and oxygen atoms in total. The molecule has 0 bridgehead atoms. The fourth-order valence-electron chi connectivity index (χ4n) is 0.956. The molecule has 0 aliphatic carbocycles. The normalized spacial score (nSPS) is 17.9. The van der Waals surface area contributed by atoms with Crippen molar-refractivity contribution in [2.45, 2.75) is 18.7 Å². The van der Waals surface area contributed by atoms with E-state index in [1.807, 2.05) is 0 Å². The lowest BCUT2D eigenvalue weighted by Crippen LogP contribution is -2.44. The zero-order valence-electron chi connectivity index (χ0n) is 5.00. The SMILES string of the molecule is N#CB1CC(NC=O)C1. The first-order chi connectivity index (χ1) is 4.36. The number of amides is 1. The van der Waals surface area contributed by atoms with E-state index in [1.165, 1.54) is 0 Å². The predicted octanol–water partition coefficient (Wildman–Crippen LogP) is -0.328. The summed E-state index contributed by atoms with van der Waals surface area (Å²) in [4.78, 5) is 9.81. The maximum absolute atomic E-state index is 9.81. The number of nitriles is 1. The highest BCUT2D eigenvalue weighted by atomic mass is 16.1. The molecule has 46 valence electrons. The zero-order valence-corrected chi connectivity index (χ0v) is 5.00. The van der Waals surface area contributed by atoms with Crippen LogP contribution in [0.25, 0.3) is 0 Å². The second kappa shape index (κ2) is 2.54. The van der Waals surface area contributed by atoms with Crippen molar-refractivity contribution in [2.75, 3.05) is 0 Å². The maximum atomic E-state index is 9.81. The molecule has 0 aromatic carbocycles. The van der Waals surface area contributed by atoms with E-state index in [4.69, 9.17) is 5.26 Å². The van der Waals surface area contributed by atoms with Crippen LogP contribution in [0.1, 0.15) is 0 Å². The third-order valence-corrected chi connectivity index (χ3v) is 1.62. The van der Waals surface area contributed by atoms with Gasteiger partial charge in [-0.05, 0) is 12.6 Å². The van der Waals surface area contributed by atoms with E-state index in [2.05, 4.69) is 11.3 Å². The van der Waals surface area contributed by atoms with Crippen molar-refractivity contribution in [3.05, 3.63) is 0 Å². The number of nitrogens with one attached hydrogen (secondary N) is 1. The average Bonchev–Trinajstić information content (AvgIpc) is 1.77. The molecule has 1 aliphatic rings. The zero-order chi connectivity index (χ0) is 6.69. The van der Waals surface area contributed by atoms with Gasteiger partial charge in [-0.2, -0.15) is 0 Å². The van der Waals surface area contributed by atoms with E-state index in [0.29, 0.717) is 6.41 Å². The Morgan fingerprint density at radius 3 is 2.89 bits per heavy atom. The summed E-state index contributed by atoms with van der Waals surface area (Å²) in [6.07, 6.45) is 2.35. The van der Waals surface area contributed by atoms with Crippen LogP contribution in [0.3, 0.4) is 0 Å². The highest BCUT2D eigenvalue weighted by Gasteiger charge is 2.32. The second-order valence-electron chi connectivity index (χ2n) is 2.28. The van der Waals surface area contributed by atoms with Crippen molar-refractivity contribution in [3.63, 3.8) is 0 Å². The minimum Gasteiger partial charge on any atom is -0.357 e. The van der Waals surface area contributed by atoms with Crippen LogP contribution in [0.15, 0.2) is 0 Å². The molecule has 0 atom stereocenters. The van der Waals surface area contributed by atoms with Crippen LogP contribution in [0.2, 0.25) is 12.6 Å². The third-order valence-electron chi connectivity index (χ3n) is 1.62. The van der Waals surface area contributed by atoms with Crippen LogP contribution < -0.4 is 5.32 Å². The molecule has 0 saturated carbocycles. The highest BCUT2D eigenvalue weighted by molar-refractivity contribution is 6.70. The molecular weight excluding hydrogens is 115 g/mol. The van der Waals surface area contributed by atoms with Gasteiger partial charge in [-0.15, -0.1) is 0 Å². The maximum Gasteiger partial charge on any atom is 0.271 e. The summed E-state index contributed by atoms with van der Waals surface area (Å²) in [5.74, 6) is 2.13. The smallest absolute Gasteiger partial charge is 0.271 e. The molecule has 1 fully saturated rings. The molecule has 1 heterocycles. The molecule has 0 aromatic heterocycles. The number of hydrogen-bond donors (Lipinski definition) is 1. The number of hydrogen-bond acceptors (Lipinski definition) is 2. The van der Waals surface area contributed by atoms with Crippen LogP contribution in [-0.2, 0) is 4.79 Å². The summed E-state index contributed by atoms with van der Waals surface area (Å²) in [7, 11) is 0. The Kier molecular flexibility index (Phi) is 1.73. The van der Waals surface area contributed by atoms with E-state index >= 15 is 0 Å². The van der Waals surface area contributed by atoms with Crippen molar-refractivity contribution >= 4 is 13.1 Å². The van der Waals surface area contributed by atoms with Gasteiger partial charge in [-0.3, -0.25) is 4.79 Å². The monoisotopic (exact) mass is 122 g/mol. The Balaban J connectivity index is 2.13. The molecule has 1 N–H and O–H groups in total. The molecule has 1 amide bonds. The van der Waals surface area contributed by atoms with Gasteiger partial charge in [0.15, 0.2) is 0 Å². The molecular formula is C5H7BN2O. The van der Waals surface area contributed by atoms with E-state index in [1.54, 1.807) is 0 Å². The van der Waals surface area contributed by atoms with E-state index in [0.717, 1.165) is 12.6 Å². The first-order valence-electron chi connectivity index (χ1n) is 2.96. The van der Waals surface area contributed by atoms with Crippen molar-refractivity contribution < 1.29 is 4.79 Å². The van der Waals surface area contributed by atoms with Crippen LogP contribution in [-0.4, -0.2) is 19.2 Å². The standard InChI is InChI=1S/C5H7BN2O/c7-3-6-1-5(2-6)8-4-9/h4-5H,1-2H2,(H,8,9). The summed E-state index contributed by atoms with van der Waals surface area (Å²) in [6.45, 7) is 0.183. The number of nitrogens with zero attached hydrogens (tertiary/aromatic N) is 1. The molecule has 1 rings (SSSR count). The summed E-state index contributed by atoms with van der Waals surface area (Å²) >= 11 is 0. The Hall–Kier alpha value is -0.975. The van der Waals surface area contributed by atoms with Gasteiger partial charge in [0.05, 0.1) is 0 Å². The third kappa shape index (κ3) is 1.23. The van der Waals surface area contributed by atoms with Crippen molar-refractivity contribution in [3.8, 4) is 5.97 Å². The fourth-order valence-corrected chi connectivity index (χ4v) is 0.956. The van der Waals surface area contributed by atoms with Crippen molar-refractivity contribution in [1.82, 2.24) is 5.32 Å². The Morgan fingerprint density at radius 1 is 1.78 bits per heavy atom. The molecule has 0 radical (unpaired) electrons. The van der Waals surface area contributed by atoms with Gasteiger partial charge in [0.2, 0.25) is 6.41 Å². The van der Waals surface area contributed by atoms with Gasteiger partial charge in [0.1, 0.15) is 0 Å². The minimum absolute atomic E-state index is 0.183. The first-order valence-corrected chi connectivity index (χ1v) is 2.96. The Labute approximate surface area is 54.1 Å². The largest absolute Gasteiger partial charge is 0.357 e. The minimum atomic E-state index is 0.183. The van der Waals surface area contributed by atoms with Crippen molar-refractivity contribution in [2.24, 2.45) is 0 Å². The number of rotatable bonds is 2. The van der Waals surface area contributed by atoms with Crippen LogP contribution >= 0.6 is 0 Å². The van der Waals surface area contributed by atoms with Gasteiger partial charge in [0.25, 0.3) is 6.71 Å². The number of carbonyl (C=O) groups excluding carboxylic acids is 1. The van der Waals surface area contributed by atoms with Gasteiger partial charge >= 0.3 is 0 Å². The lowest BCUT2D eigenvalue weighted by Gasteiger charge is -2.26. The van der Waals surface area contributed by atoms with Gasteiger partial charge < -0.3 is 5.32 Å². The fraction of sp³-hybridized carbons (Fsp3) is 0.600. The summed E-state index contributed by atoms with van der Waals surface area (Å²) in [5.41, 5.74) is 0. The Morgan fingerprint density at radius 2 is 2.44 bits per heavy atom. The molecule has 0 unspecified atom stereocenters. The summed E-state index contributed by atoms with van der Waals surface area (Å²) in [5, 5.41) is 10.9. The van der Waals surface area contributed by atoms with Gasteiger partial charge in [0, 0.05) is 12.0 Å². The van der Waals surface area contributed by atoms with Crippen LogP contribution in [0.4, 0.5) is 0 Å². The number of carbonyl (C=O) groups is 1. The molecule has 0 spiro atoms. The summed E-state index contributed by atoms with van der Waals surface area (Å²) < 4.78 is 0. The lowest BCUT2D eigenvalue weighted by molar-refractivity contribution is -0.110.